The van der Waals surface area contributed by atoms with Gasteiger partial charge >= 0.3 is 0 Å². The molecular formula is C18H21F2N3O2. The molecule has 1 unspecified atom stereocenters. The van der Waals surface area contributed by atoms with E-state index in [0.29, 0.717) is 26.1 Å². The van der Waals surface area contributed by atoms with Crippen molar-refractivity contribution in [1.29, 1.82) is 0 Å². The van der Waals surface area contributed by atoms with Gasteiger partial charge in [0.05, 0.1) is 17.3 Å². The molecule has 1 aromatic heterocycles. The third-order valence-electron chi connectivity index (χ3n) is 5.80. The highest BCUT2D eigenvalue weighted by Gasteiger charge is 2.53. The monoisotopic (exact) mass is 349 g/mol. The van der Waals surface area contributed by atoms with E-state index in [1.807, 2.05) is 6.07 Å². The lowest BCUT2D eigenvalue weighted by molar-refractivity contribution is -0.163. The summed E-state index contributed by atoms with van der Waals surface area (Å²) in [5, 5.41) is 0. The molecule has 25 heavy (non-hydrogen) atoms. The van der Waals surface area contributed by atoms with Crippen LogP contribution in [0.15, 0.2) is 24.5 Å². The fraction of sp³-hybridized carbons (Fsp3) is 0.611. The first-order chi connectivity index (χ1) is 11.9. The van der Waals surface area contributed by atoms with Crippen LogP contribution < -0.4 is 4.90 Å². The largest absolute Gasteiger partial charge is 0.341 e. The van der Waals surface area contributed by atoms with E-state index in [2.05, 4.69) is 4.98 Å². The quantitative estimate of drug-likeness (QED) is 0.824. The molecule has 2 aliphatic heterocycles. The number of hydrogen-bond donors (Lipinski definition) is 0. The Bertz CT molecular complexity index is 689. The van der Waals surface area contributed by atoms with Crippen molar-refractivity contribution in [2.24, 2.45) is 11.3 Å². The van der Waals surface area contributed by atoms with Crippen LogP contribution in [-0.4, -0.2) is 47.3 Å². The Balaban J connectivity index is 1.47. The molecule has 2 saturated heterocycles. The average molecular weight is 349 g/mol. The Kier molecular flexibility index (Phi) is 3.77. The van der Waals surface area contributed by atoms with Gasteiger partial charge in [0.25, 0.3) is 0 Å². The van der Waals surface area contributed by atoms with Crippen LogP contribution in [0, 0.1) is 11.3 Å². The van der Waals surface area contributed by atoms with Crippen molar-refractivity contribution in [3.8, 4) is 0 Å². The molecule has 1 aliphatic carbocycles. The third-order valence-corrected chi connectivity index (χ3v) is 5.80. The second kappa shape index (κ2) is 5.75. The normalized spacial score (nSPS) is 29.1. The molecule has 1 spiro atoms. The molecule has 7 heteroatoms. The van der Waals surface area contributed by atoms with Crippen molar-refractivity contribution in [1.82, 2.24) is 9.88 Å². The van der Waals surface area contributed by atoms with E-state index in [4.69, 9.17) is 0 Å². The summed E-state index contributed by atoms with van der Waals surface area (Å²) < 4.78 is 26.1. The fourth-order valence-electron chi connectivity index (χ4n) is 4.37. The Labute approximate surface area is 145 Å². The van der Waals surface area contributed by atoms with E-state index >= 15 is 0 Å². The number of aromatic nitrogens is 1. The number of amides is 2. The van der Waals surface area contributed by atoms with E-state index in [1.165, 1.54) is 0 Å². The number of carbonyl (C=O) groups is 2. The molecule has 0 bridgehead atoms. The van der Waals surface area contributed by atoms with Gasteiger partial charge < -0.3 is 9.80 Å². The number of piperidine rings is 1. The van der Waals surface area contributed by atoms with Crippen LogP contribution >= 0.6 is 0 Å². The fourth-order valence-corrected chi connectivity index (χ4v) is 4.37. The maximum atomic E-state index is 13.1. The first-order valence-corrected chi connectivity index (χ1v) is 8.79. The first kappa shape index (κ1) is 16.4. The number of halogens is 2. The summed E-state index contributed by atoms with van der Waals surface area (Å²) in [6, 6.07) is 3.65. The van der Waals surface area contributed by atoms with E-state index in [9.17, 15) is 18.4 Å². The van der Waals surface area contributed by atoms with Gasteiger partial charge in [-0.1, -0.05) is 0 Å². The number of likely N-dealkylation sites (tertiary alicyclic amines) is 1. The van der Waals surface area contributed by atoms with Crippen LogP contribution in [0.1, 0.15) is 32.1 Å². The number of anilines is 1. The van der Waals surface area contributed by atoms with Gasteiger partial charge in [0.15, 0.2) is 0 Å². The highest BCUT2D eigenvalue weighted by Crippen LogP contribution is 2.46. The number of pyridine rings is 1. The Morgan fingerprint density at radius 3 is 2.72 bits per heavy atom. The third kappa shape index (κ3) is 2.79. The molecule has 3 fully saturated rings. The molecule has 5 nitrogen and oxygen atoms in total. The van der Waals surface area contributed by atoms with Crippen molar-refractivity contribution in [3.05, 3.63) is 24.5 Å². The number of hydrogen-bond acceptors (Lipinski definition) is 3. The van der Waals surface area contributed by atoms with Gasteiger partial charge in [0, 0.05) is 44.6 Å². The first-order valence-electron chi connectivity index (χ1n) is 8.79. The van der Waals surface area contributed by atoms with Crippen molar-refractivity contribution in [2.45, 2.75) is 38.0 Å². The topological polar surface area (TPSA) is 53.5 Å². The van der Waals surface area contributed by atoms with Gasteiger partial charge in [-0.25, -0.2) is 8.78 Å². The Morgan fingerprint density at radius 1 is 1.24 bits per heavy atom. The van der Waals surface area contributed by atoms with Crippen LogP contribution in [-0.2, 0) is 9.59 Å². The van der Waals surface area contributed by atoms with Crippen LogP contribution in [0.2, 0.25) is 0 Å². The molecule has 3 aliphatic rings. The average Bonchev–Trinajstić information content (AvgIpc) is 2.89. The number of rotatable bonds is 2. The molecule has 1 aromatic rings. The van der Waals surface area contributed by atoms with Crippen LogP contribution in [0.3, 0.4) is 0 Å². The second-order valence-corrected chi connectivity index (χ2v) is 7.52. The second-order valence-electron chi connectivity index (χ2n) is 7.52. The number of nitrogens with zero attached hydrogens (tertiary/aromatic N) is 3. The lowest BCUT2D eigenvalue weighted by Crippen LogP contribution is -2.54. The molecule has 4 rings (SSSR count). The standard InChI is InChI=1S/C18H21F2N3O2/c19-18(20)9-13(10-18)15(24)22-7-2-4-17(12-22)5-8-23(16(17)25)14-3-1-6-21-11-14/h1,3,6,11,13H,2,4-5,7-10,12H2. The zero-order valence-corrected chi connectivity index (χ0v) is 14.0. The highest BCUT2D eigenvalue weighted by molar-refractivity contribution is 6.00. The van der Waals surface area contributed by atoms with Crippen LogP contribution in [0.5, 0.6) is 0 Å². The minimum absolute atomic E-state index is 0.0249. The van der Waals surface area contributed by atoms with Crippen molar-refractivity contribution < 1.29 is 18.4 Å². The summed E-state index contributed by atoms with van der Waals surface area (Å²) in [5.74, 6) is -3.47. The zero-order valence-electron chi connectivity index (χ0n) is 14.0. The van der Waals surface area contributed by atoms with Gasteiger partial charge in [-0.05, 0) is 31.4 Å². The van der Waals surface area contributed by atoms with Crippen molar-refractivity contribution in [2.75, 3.05) is 24.5 Å². The van der Waals surface area contributed by atoms with Crippen molar-refractivity contribution >= 4 is 17.5 Å². The summed E-state index contributed by atoms with van der Waals surface area (Å²) in [6.07, 6.45) is 4.78. The highest BCUT2D eigenvalue weighted by atomic mass is 19.3. The van der Waals surface area contributed by atoms with Gasteiger partial charge in [0.1, 0.15) is 0 Å². The molecule has 0 N–H and O–H groups in total. The SMILES string of the molecule is O=C(C1CC(F)(F)C1)N1CCCC2(CCN(c3cccnc3)C2=O)C1. The Morgan fingerprint density at radius 2 is 2.04 bits per heavy atom. The molecule has 1 atom stereocenters. The predicted octanol–water partition coefficient (Wildman–Crippen LogP) is 2.47. The summed E-state index contributed by atoms with van der Waals surface area (Å²) >= 11 is 0. The minimum Gasteiger partial charge on any atom is -0.341 e. The molecule has 3 heterocycles. The summed E-state index contributed by atoms with van der Waals surface area (Å²) in [4.78, 5) is 33.0. The molecule has 0 aromatic carbocycles. The summed E-state index contributed by atoms with van der Waals surface area (Å²) in [6.45, 7) is 1.51. The maximum Gasteiger partial charge on any atom is 0.249 e. The van der Waals surface area contributed by atoms with Crippen LogP contribution in [0.25, 0.3) is 0 Å². The van der Waals surface area contributed by atoms with E-state index < -0.39 is 17.3 Å². The van der Waals surface area contributed by atoms with Gasteiger partial charge in [-0.2, -0.15) is 0 Å². The Hall–Kier alpha value is -2.05. The molecule has 0 radical (unpaired) electrons. The lowest BCUT2D eigenvalue weighted by atomic mass is 9.76. The van der Waals surface area contributed by atoms with Gasteiger partial charge in [0.2, 0.25) is 17.7 Å². The molecule has 1 saturated carbocycles. The van der Waals surface area contributed by atoms with E-state index in [1.54, 1.807) is 28.3 Å². The maximum absolute atomic E-state index is 13.1. The minimum atomic E-state index is -2.70. The number of alkyl halides is 2. The lowest BCUT2D eigenvalue weighted by Gasteiger charge is -2.43. The van der Waals surface area contributed by atoms with Crippen molar-refractivity contribution in [3.63, 3.8) is 0 Å². The summed E-state index contributed by atoms with van der Waals surface area (Å²) in [7, 11) is 0. The molecular weight excluding hydrogens is 328 g/mol. The van der Waals surface area contributed by atoms with Crippen LogP contribution in [0.4, 0.5) is 14.5 Å². The molecule has 2 amide bonds. The predicted molar refractivity (Wildman–Crippen MR) is 87.1 cm³/mol. The van der Waals surface area contributed by atoms with Gasteiger partial charge in [-0.15, -0.1) is 0 Å². The van der Waals surface area contributed by atoms with E-state index in [-0.39, 0.29) is 24.7 Å². The smallest absolute Gasteiger partial charge is 0.249 e. The zero-order chi connectivity index (χ0) is 17.7. The van der Waals surface area contributed by atoms with E-state index in [0.717, 1.165) is 18.5 Å². The summed E-state index contributed by atoms with van der Waals surface area (Å²) in [5.41, 5.74) is 0.196. The van der Waals surface area contributed by atoms with Gasteiger partial charge in [-0.3, -0.25) is 14.6 Å². The number of carbonyl (C=O) groups excluding carboxylic acids is 2. The molecule has 134 valence electrons.